The Labute approximate surface area is 179 Å². The third-order valence-electron chi connectivity index (χ3n) is 5.35. The highest BCUT2D eigenvalue weighted by molar-refractivity contribution is 6.62. The van der Waals surface area contributed by atoms with E-state index in [2.05, 4.69) is 5.32 Å². The number of hydrogen-bond donors (Lipinski definition) is 2. The van der Waals surface area contributed by atoms with Gasteiger partial charge in [0.2, 0.25) is 5.91 Å². The summed E-state index contributed by atoms with van der Waals surface area (Å²) in [5.41, 5.74) is 0.108. The fraction of sp³-hybridized carbons (Fsp3) is 0.350. The smallest absolute Gasteiger partial charge is 0.476 e. The first-order chi connectivity index (χ1) is 14.0. The van der Waals surface area contributed by atoms with Crippen molar-refractivity contribution in [2.45, 2.75) is 45.3 Å². The number of benzene rings is 1. The SMILES string of the molecule is CC1(C)OB(c2ccc(-n3c(Cl)cc(NC(=O)CC#N)c3C(=O)O)cc2)OC1(C)C. The molecule has 1 amide bonds. The molecular formula is C20H21BClN3O5. The van der Waals surface area contributed by atoms with Gasteiger partial charge in [0.25, 0.3) is 0 Å². The number of nitriles is 1. The van der Waals surface area contributed by atoms with Crippen LogP contribution in [0.1, 0.15) is 44.6 Å². The van der Waals surface area contributed by atoms with Gasteiger partial charge in [-0.1, -0.05) is 23.7 Å². The molecule has 30 heavy (non-hydrogen) atoms. The number of rotatable bonds is 5. The van der Waals surface area contributed by atoms with E-state index in [4.69, 9.17) is 26.2 Å². The van der Waals surface area contributed by atoms with E-state index in [1.54, 1.807) is 30.3 Å². The van der Waals surface area contributed by atoms with Crippen LogP contribution in [-0.4, -0.2) is 39.9 Å². The van der Waals surface area contributed by atoms with Crippen LogP contribution in [0.4, 0.5) is 5.69 Å². The number of nitrogens with one attached hydrogen (secondary N) is 1. The second kappa shape index (κ2) is 7.80. The van der Waals surface area contributed by atoms with Gasteiger partial charge < -0.3 is 19.7 Å². The standard InChI is InChI=1S/C20H21BClN3O5/c1-19(2)20(3,4)30-21(29-19)12-5-7-13(8-6-12)25-15(22)11-14(17(25)18(27)28)24-16(26)9-10-23/h5-8,11H,9H2,1-4H3,(H,24,26)(H,27,28). The number of nitrogens with zero attached hydrogens (tertiary/aromatic N) is 2. The second-order valence-corrected chi connectivity index (χ2v) is 8.32. The fourth-order valence-electron chi connectivity index (χ4n) is 3.06. The molecule has 0 atom stereocenters. The number of carboxylic acid groups (broad SMARTS) is 1. The van der Waals surface area contributed by atoms with Gasteiger partial charge in [0.15, 0.2) is 5.69 Å². The predicted molar refractivity (Wildman–Crippen MR) is 112 cm³/mol. The maximum Gasteiger partial charge on any atom is 0.494 e. The van der Waals surface area contributed by atoms with E-state index in [9.17, 15) is 14.7 Å². The summed E-state index contributed by atoms with van der Waals surface area (Å²) in [5, 5.41) is 20.8. The van der Waals surface area contributed by atoms with Gasteiger partial charge in [-0.25, -0.2) is 4.79 Å². The van der Waals surface area contributed by atoms with E-state index in [0.29, 0.717) is 5.69 Å². The van der Waals surface area contributed by atoms with Crippen LogP contribution in [-0.2, 0) is 14.1 Å². The van der Waals surface area contributed by atoms with Crippen LogP contribution in [0.3, 0.4) is 0 Å². The highest BCUT2D eigenvalue weighted by Gasteiger charge is 2.51. The molecule has 1 aliphatic heterocycles. The third kappa shape index (κ3) is 3.94. The van der Waals surface area contributed by atoms with Gasteiger partial charge in [-0.3, -0.25) is 9.36 Å². The average Bonchev–Trinajstić information content (AvgIpc) is 3.07. The molecule has 0 bridgehead atoms. The topological polar surface area (TPSA) is 114 Å². The zero-order valence-electron chi connectivity index (χ0n) is 17.0. The van der Waals surface area contributed by atoms with E-state index in [1.165, 1.54) is 10.6 Å². The van der Waals surface area contributed by atoms with Crippen LogP contribution < -0.4 is 10.8 Å². The first-order valence-corrected chi connectivity index (χ1v) is 9.62. The minimum Gasteiger partial charge on any atom is -0.476 e. The zero-order valence-corrected chi connectivity index (χ0v) is 17.8. The van der Waals surface area contributed by atoms with Crippen LogP contribution in [0.5, 0.6) is 0 Å². The van der Waals surface area contributed by atoms with Crippen molar-refractivity contribution in [2.24, 2.45) is 0 Å². The monoisotopic (exact) mass is 429 g/mol. The summed E-state index contributed by atoms with van der Waals surface area (Å²) in [5.74, 6) is -1.89. The number of halogens is 1. The third-order valence-corrected chi connectivity index (χ3v) is 5.63. The molecule has 1 aromatic carbocycles. The molecule has 0 saturated carbocycles. The van der Waals surface area contributed by atoms with Crippen LogP contribution in [0.25, 0.3) is 5.69 Å². The summed E-state index contributed by atoms with van der Waals surface area (Å²) in [6, 6.07) is 9.98. The molecule has 1 fully saturated rings. The lowest BCUT2D eigenvalue weighted by atomic mass is 9.79. The molecule has 2 N–H and O–H groups in total. The lowest BCUT2D eigenvalue weighted by Gasteiger charge is -2.32. The summed E-state index contributed by atoms with van der Waals surface area (Å²) >= 11 is 6.26. The van der Waals surface area contributed by atoms with Gasteiger partial charge in [-0.05, 0) is 51.4 Å². The summed E-state index contributed by atoms with van der Waals surface area (Å²) in [7, 11) is -0.552. The maximum absolute atomic E-state index is 11.9. The van der Waals surface area contributed by atoms with E-state index in [0.717, 1.165) is 5.46 Å². The quantitative estimate of drug-likeness (QED) is 0.706. The van der Waals surface area contributed by atoms with Gasteiger partial charge in [0, 0.05) is 5.69 Å². The van der Waals surface area contributed by atoms with Crippen LogP contribution in [0, 0.1) is 11.3 Å². The molecule has 2 heterocycles. The van der Waals surface area contributed by atoms with E-state index >= 15 is 0 Å². The summed E-state index contributed by atoms with van der Waals surface area (Å²) in [6.45, 7) is 7.84. The van der Waals surface area contributed by atoms with Crippen LogP contribution in [0.2, 0.25) is 5.15 Å². The molecule has 1 aliphatic rings. The summed E-state index contributed by atoms with van der Waals surface area (Å²) in [4.78, 5) is 23.6. The zero-order chi connectivity index (χ0) is 22.3. The molecule has 0 unspecified atom stereocenters. The van der Waals surface area contributed by atoms with E-state index in [1.807, 2.05) is 27.7 Å². The Morgan fingerprint density at radius 2 is 1.77 bits per heavy atom. The first kappa shape index (κ1) is 21.9. The highest BCUT2D eigenvalue weighted by Crippen LogP contribution is 2.36. The van der Waals surface area contributed by atoms with Crippen molar-refractivity contribution in [3.63, 3.8) is 0 Å². The molecular weight excluding hydrogens is 409 g/mol. The van der Waals surface area contributed by atoms with Gasteiger partial charge in [-0.15, -0.1) is 0 Å². The average molecular weight is 430 g/mol. The fourth-order valence-corrected chi connectivity index (χ4v) is 3.35. The minimum absolute atomic E-state index is 0.0165. The number of hydrogen-bond acceptors (Lipinski definition) is 5. The Morgan fingerprint density at radius 3 is 2.27 bits per heavy atom. The number of carbonyl (C=O) groups is 2. The van der Waals surface area contributed by atoms with Crippen molar-refractivity contribution in [1.82, 2.24) is 4.57 Å². The second-order valence-electron chi connectivity index (χ2n) is 7.93. The largest absolute Gasteiger partial charge is 0.494 e. The Hall–Kier alpha value is -2.80. The number of anilines is 1. The Bertz CT molecular complexity index is 1020. The molecule has 3 rings (SSSR count). The molecule has 0 spiro atoms. The van der Waals surface area contributed by atoms with Crippen molar-refractivity contribution < 1.29 is 24.0 Å². The molecule has 10 heteroatoms. The lowest BCUT2D eigenvalue weighted by molar-refractivity contribution is -0.115. The van der Waals surface area contributed by atoms with Gasteiger partial charge in [0.1, 0.15) is 11.6 Å². The number of carboxylic acids is 1. The molecule has 0 radical (unpaired) electrons. The predicted octanol–water partition coefficient (Wildman–Crippen LogP) is 2.98. The molecule has 2 aromatic rings. The van der Waals surface area contributed by atoms with Gasteiger partial charge in [0.05, 0.1) is 23.0 Å². The molecule has 0 aliphatic carbocycles. The number of carbonyl (C=O) groups excluding carboxylic acids is 1. The number of amides is 1. The van der Waals surface area contributed by atoms with E-state index in [-0.39, 0.29) is 16.5 Å². The van der Waals surface area contributed by atoms with Gasteiger partial charge in [-0.2, -0.15) is 5.26 Å². The Kier molecular flexibility index (Phi) is 5.69. The van der Waals surface area contributed by atoms with Crippen molar-refractivity contribution in [3.05, 3.63) is 41.2 Å². The Morgan fingerprint density at radius 1 is 1.20 bits per heavy atom. The number of aromatic nitrogens is 1. The maximum atomic E-state index is 11.9. The normalized spacial score (nSPS) is 16.9. The molecule has 1 aromatic heterocycles. The molecule has 156 valence electrons. The first-order valence-electron chi connectivity index (χ1n) is 9.24. The van der Waals surface area contributed by atoms with Crippen molar-refractivity contribution in [2.75, 3.05) is 5.32 Å². The van der Waals surface area contributed by atoms with E-state index < -0.39 is 36.6 Å². The summed E-state index contributed by atoms with van der Waals surface area (Å²) in [6.07, 6.45) is -0.398. The molecule has 8 nitrogen and oxygen atoms in total. The van der Waals surface area contributed by atoms with Crippen LogP contribution in [0.15, 0.2) is 30.3 Å². The minimum atomic E-state index is -1.27. The highest BCUT2D eigenvalue weighted by atomic mass is 35.5. The molecule has 1 saturated heterocycles. The van der Waals surface area contributed by atoms with Crippen LogP contribution >= 0.6 is 11.6 Å². The lowest BCUT2D eigenvalue weighted by Crippen LogP contribution is -2.41. The Balaban J connectivity index is 1.94. The summed E-state index contributed by atoms with van der Waals surface area (Å²) < 4.78 is 13.4. The van der Waals surface area contributed by atoms with Gasteiger partial charge >= 0.3 is 13.1 Å². The van der Waals surface area contributed by atoms with Crippen molar-refractivity contribution >= 4 is 41.7 Å². The van der Waals surface area contributed by atoms with Crippen molar-refractivity contribution in [1.29, 1.82) is 5.26 Å². The number of aromatic carboxylic acids is 1. The van der Waals surface area contributed by atoms with Crippen molar-refractivity contribution in [3.8, 4) is 11.8 Å².